The molecule has 1 heterocycles. The standard InChI is InChI=1S/C43H65NO5S/c1-5-7-9-11-13-15-17-19-21-23-25-40-41(26-24-22-20-18-16-14-12-10-8-6-2)43(46)44(42(40)45)49-50(47,48)39-31-28-37(29-32-39)34-38-30-27-35(3)33-36(38)4/h27-33H,5-26,34H2,1-4H3. The molecule has 0 saturated carbocycles. The van der Waals surface area contributed by atoms with Crippen molar-refractivity contribution in [3.8, 4) is 0 Å². The Morgan fingerprint density at radius 2 is 0.980 bits per heavy atom. The maximum atomic E-state index is 13.6. The molecule has 2 amide bonds. The third-order valence-electron chi connectivity index (χ3n) is 10.1. The first-order valence-corrected chi connectivity index (χ1v) is 21.3. The largest absolute Gasteiger partial charge is 0.318 e. The number of carbonyl (C=O) groups is 2. The first kappa shape index (κ1) is 41.6. The van der Waals surface area contributed by atoms with E-state index in [2.05, 4.69) is 45.9 Å². The molecule has 1 aliphatic heterocycles. The molecule has 1 aliphatic rings. The highest BCUT2D eigenvalue weighted by Gasteiger charge is 2.41. The molecule has 0 unspecified atom stereocenters. The van der Waals surface area contributed by atoms with E-state index in [-0.39, 0.29) is 4.90 Å². The van der Waals surface area contributed by atoms with Gasteiger partial charge < -0.3 is 0 Å². The average molecular weight is 708 g/mol. The van der Waals surface area contributed by atoms with Crippen molar-refractivity contribution >= 4 is 21.9 Å². The number of hydrogen-bond acceptors (Lipinski definition) is 5. The minimum absolute atomic E-state index is 0.0816. The first-order chi connectivity index (χ1) is 24.2. The van der Waals surface area contributed by atoms with Crippen molar-refractivity contribution < 1.29 is 22.3 Å². The number of unbranched alkanes of at least 4 members (excludes halogenated alkanes) is 18. The number of hydroxylamine groups is 2. The van der Waals surface area contributed by atoms with Crippen LogP contribution < -0.4 is 0 Å². The molecule has 0 N–H and O–H groups in total. The number of imide groups is 1. The zero-order chi connectivity index (χ0) is 36.2. The van der Waals surface area contributed by atoms with Gasteiger partial charge in [-0.3, -0.25) is 9.59 Å². The Bertz CT molecular complexity index is 1410. The van der Waals surface area contributed by atoms with Crippen LogP contribution in [0.5, 0.6) is 0 Å². The Labute approximate surface area is 304 Å². The van der Waals surface area contributed by atoms with E-state index in [0.29, 0.717) is 35.5 Å². The summed E-state index contributed by atoms with van der Waals surface area (Å²) in [5.41, 5.74) is 5.39. The van der Waals surface area contributed by atoms with Crippen LogP contribution in [0, 0.1) is 13.8 Å². The van der Waals surface area contributed by atoms with Gasteiger partial charge in [0.1, 0.15) is 0 Å². The smallest absolute Gasteiger partial charge is 0.267 e. The fraction of sp³-hybridized carbons (Fsp3) is 0.628. The van der Waals surface area contributed by atoms with E-state index in [1.807, 2.05) is 0 Å². The van der Waals surface area contributed by atoms with E-state index in [9.17, 15) is 18.0 Å². The number of amides is 2. The van der Waals surface area contributed by atoms with Gasteiger partial charge in [-0.15, -0.1) is 9.35 Å². The highest BCUT2D eigenvalue weighted by molar-refractivity contribution is 7.86. The molecule has 50 heavy (non-hydrogen) atoms. The van der Waals surface area contributed by atoms with Gasteiger partial charge in [0.05, 0.1) is 4.90 Å². The summed E-state index contributed by atoms with van der Waals surface area (Å²) in [6.07, 6.45) is 25.1. The normalized spacial score (nSPS) is 13.6. The fourth-order valence-electron chi connectivity index (χ4n) is 6.94. The Morgan fingerprint density at radius 3 is 1.40 bits per heavy atom. The number of rotatable bonds is 27. The zero-order valence-electron chi connectivity index (χ0n) is 31.7. The van der Waals surface area contributed by atoms with Crippen LogP contribution in [-0.4, -0.2) is 25.3 Å². The Balaban J connectivity index is 1.58. The molecule has 0 aliphatic carbocycles. The predicted octanol–water partition coefficient (Wildman–Crippen LogP) is 11.8. The molecule has 7 heteroatoms. The van der Waals surface area contributed by atoms with Crippen LogP contribution in [0.3, 0.4) is 0 Å². The van der Waals surface area contributed by atoms with Gasteiger partial charge in [-0.25, -0.2) is 0 Å². The fourth-order valence-corrected chi connectivity index (χ4v) is 7.82. The quantitative estimate of drug-likeness (QED) is 0.0682. The summed E-state index contributed by atoms with van der Waals surface area (Å²) in [6.45, 7) is 8.60. The van der Waals surface area contributed by atoms with Crippen LogP contribution >= 0.6 is 0 Å². The maximum absolute atomic E-state index is 13.6. The Morgan fingerprint density at radius 1 is 0.560 bits per heavy atom. The van der Waals surface area contributed by atoms with Gasteiger partial charge in [0.2, 0.25) is 0 Å². The number of nitrogens with zero attached hydrogens (tertiary/aromatic N) is 1. The molecule has 0 spiro atoms. The summed E-state index contributed by atoms with van der Waals surface area (Å²) >= 11 is 0. The van der Waals surface area contributed by atoms with Crippen molar-refractivity contribution in [3.63, 3.8) is 0 Å². The molecule has 0 aromatic heterocycles. The Kier molecular flexibility index (Phi) is 19.1. The highest BCUT2D eigenvalue weighted by atomic mass is 32.2. The summed E-state index contributed by atoms with van der Waals surface area (Å²) in [7, 11) is -4.39. The second kappa shape index (κ2) is 22.9. The Hall–Kier alpha value is -2.77. The van der Waals surface area contributed by atoms with Crippen LogP contribution in [-0.2, 0) is 30.4 Å². The van der Waals surface area contributed by atoms with E-state index in [1.165, 1.54) is 119 Å². The number of hydrogen-bond donors (Lipinski definition) is 0. The molecular formula is C43H65NO5S. The van der Waals surface area contributed by atoms with Gasteiger partial charge in [-0.05, 0) is 74.8 Å². The van der Waals surface area contributed by atoms with Crippen molar-refractivity contribution in [1.82, 2.24) is 5.06 Å². The van der Waals surface area contributed by atoms with Crippen LogP contribution in [0.4, 0.5) is 0 Å². The maximum Gasteiger partial charge on any atom is 0.318 e. The van der Waals surface area contributed by atoms with Crippen molar-refractivity contribution in [2.45, 2.75) is 180 Å². The van der Waals surface area contributed by atoms with Crippen molar-refractivity contribution in [2.75, 3.05) is 0 Å². The third-order valence-corrected chi connectivity index (χ3v) is 11.3. The molecule has 6 nitrogen and oxygen atoms in total. The number of carbonyl (C=O) groups excluding carboxylic acids is 2. The zero-order valence-corrected chi connectivity index (χ0v) is 32.5. The van der Waals surface area contributed by atoms with Gasteiger partial charge in [0.25, 0.3) is 11.8 Å². The summed E-state index contributed by atoms with van der Waals surface area (Å²) in [6, 6.07) is 12.8. The lowest BCUT2D eigenvalue weighted by molar-refractivity contribution is -0.163. The van der Waals surface area contributed by atoms with E-state index >= 15 is 0 Å². The first-order valence-electron chi connectivity index (χ1n) is 19.9. The number of benzene rings is 2. The molecule has 0 fully saturated rings. The third kappa shape index (κ3) is 14.1. The van der Waals surface area contributed by atoms with Crippen LogP contribution in [0.15, 0.2) is 58.5 Å². The van der Waals surface area contributed by atoms with E-state index in [1.54, 1.807) is 12.1 Å². The van der Waals surface area contributed by atoms with Crippen molar-refractivity contribution in [2.24, 2.45) is 0 Å². The van der Waals surface area contributed by atoms with E-state index < -0.39 is 21.9 Å². The topological polar surface area (TPSA) is 80.8 Å². The number of aryl methyl sites for hydroxylation is 2. The van der Waals surface area contributed by atoms with Gasteiger partial charge in [0.15, 0.2) is 0 Å². The molecule has 3 rings (SSSR count). The second-order valence-electron chi connectivity index (χ2n) is 14.5. The van der Waals surface area contributed by atoms with Gasteiger partial charge in [-0.1, -0.05) is 165 Å². The molecule has 0 saturated heterocycles. The molecule has 2 aromatic carbocycles. The van der Waals surface area contributed by atoms with Crippen LogP contribution in [0.25, 0.3) is 0 Å². The lowest BCUT2D eigenvalue weighted by Gasteiger charge is -2.15. The minimum atomic E-state index is -4.39. The monoisotopic (exact) mass is 707 g/mol. The van der Waals surface area contributed by atoms with Gasteiger partial charge in [0, 0.05) is 11.1 Å². The van der Waals surface area contributed by atoms with Crippen molar-refractivity contribution in [1.29, 1.82) is 0 Å². The van der Waals surface area contributed by atoms with E-state index in [0.717, 1.165) is 44.1 Å². The molecule has 278 valence electrons. The van der Waals surface area contributed by atoms with Gasteiger partial charge in [-0.2, -0.15) is 8.42 Å². The SMILES string of the molecule is CCCCCCCCCCCCC1=C(CCCCCCCCCCCC)C(=O)N(OS(=O)(=O)c2ccc(Cc3ccc(C)cc3C)cc2)C1=O. The van der Waals surface area contributed by atoms with Crippen LogP contribution in [0.1, 0.15) is 177 Å². The molecule has 0 bridgehead atoms. The summed E-state index contributed by atoms with van der Waals surface area (Å²) in [5.74, 6) is -1.24. The van der Waals surface area contributed by atoms with Gasteiger partial charge >= 0.3 is 10.1 Å². The van der Waals surface area contributed by atoms with Crippen molar-refractivity contribution in [3.05, 3.63) is 75.9 Å². The predicted molar refractivity (Wildman–Crippen MR) is 205 cm³/mol. The molecule has 0 atom stereocenters. The summed E-state index contributed by atoms with van der Waals surface area (Å²) in [4.78, 5) is 27.1. The lowest BCUT2D eigenvalue weighted by Crippen LogP contribution is -2.34. The summed E-state index contributed by atoms with van der Waals surface area (Å²) < 4.78 is 32.0. The average Bonchev–Trinajstić information content (AvgIpc) is 3.31. The minimum Gasteiger partial charge on any atom is -0.267 e. The highest BCUT2D eigenvalue weighted by Crippen LogP contribution is 2.31. The van der Waals surface area contributed by atoms with E-state index in [4.69, 9.17) is 4.28 Å². The second-order valence-corrected chi connectivity index (χ2v) is 16.0. The summed E-state index contributed by atoms with van der Waals surface area (Å²) in [5, 5.41) is 0.510. The molecular weight excluding hydrogens is 643 g/mol. The molecule has 0 radical (unpaired) electrons. The van der Waals surface area contributed by atoms with Crippen LogP contribution in [0.2, 0.25) is 0 Å². The molecule has 2 aromatic rings. The lowest BCUT2D eigenvalue weighted by atomic mass is 9.97.